The predicted molar refractivity (Wildman–Crippen MR) is 92.4 cm³/mol. The lowest BCUT2D eigenvalue weighted by atomic mass is 9.94. The molecule has 0 aliphatic carbocycles. The van der Waals surface area contributed by atoms with Gasteiger partial charge in [0.1, 0.15) is 12.4 Å². The lowest BCUT2D eigenvalue weighted by Gasteiger charge is -2.20. The molecular formula is C19H33NO. The fourth-order valence-electron chi connectivity index (χ4n) is 2.39. The number of rotatable bonds is 9. The smallest absolute Gasteiger partial charge is 0.126 e. The number of hydrogen-bond acceptors (Lipinski definition) is 2. The second-order valence-corrected chi connectivity index (χ2v) is 6.86. The summed E-state index contributed by atoms with van der Waals surface area (Å²) in [5.74, 6) is 2.85. The second kappa shape index (κ2) is 9.09. The molecule has 1 aromatic rings. The molecule has 0 unspecified atom stereocenters. The van der Waals surface area contributed by atoms with Gasteiger partial charge in [0, 0.05) is 6.54 Å². The van der Waals surface area contributed by atoms with E-state index in [2.05, 4.69) is 65.1 Å². The minimum Gasteiger partial charge on any atom is -0.492 e. The Labute approximate surface area is 131 Å². The number of ether oxygens (including phenoxy) is 1. The van der Waals surface area contributed by atoms with Crippen molar-refractivity contribution >= 4 is 0 Å². The zero-order valence-corrected chi connectivity index (χ0v) is 14.7. The highest BCUT2D eigenvalue weighted by atomic mass is 16.5. The summed E-state index contributed by atoms with van der Waals surface area (Å²) in [6.45, 7) is 16.2. The van der Waals surface area contributed by atoms with Crippen LogP contribution in [-0.2, 0) is 0 Å². The van der Waals surface area contributed by atoms with Gasteiger partial charge in [-0.15, -0.1) is 0 Å². The van der Waals surface area contributed by atoms with E-state index in [1.54, 1.807) is 0 Å². The number of nitrogens with one attached hydrogen (secondary N) is 1. The Morgan fingerprint density at radius 3 is 1.95 bits per heavy atom. The molecular weight excluding hydrogens is 258 g/mol. The largest absolute Gasteiger partial charge is 0.492 e. The second-order valence-electron chi connectivity index (χ2n) is 6.86. The molecule has 0 aliphatic heterocycles. The highest BCUT2D eigenvalue weighted by Crippen LogP contribution is 2.34. The molecule has 0 aromatic heterocycles. The van der Waals surface area contributed by atoms with Crippen molar-refractivity contribution in [3.05, 3.63) is 29.3 Å². The molecule has 0 saturated heterocycles. The van der Waals surface area contributed by atoms with E-state index in [-0.39, 0.29) is 0 Å². The Bertz CT molecular complexity index is 384. The zero-order chi connectivity index (χ0) is 15.8. The van der Waals surface area contributed by atoms with Gasteiger partial charge in [-0.25, -0.2) is 0 Å². The molecule has 0 saturated carbocycles. The third-order valence-corrected chi connectivity index (χ3v) is 3.74. The molecule has 0 atom stereocenters. The maximum atomic E-state index is 6.14. The van der Waals surface area contributed by atoms with E-state index in [4.69, 9.17) is 4.74 Å². The van der Waals surface area contributed by atoms with Gasteiger partial charge in [0.2, 0.25) is 0 Å². The minimum atomic E-state index is 0.493. The first-order valence-electron chi connectivity index (χ1n) is 8.39. The van der Waals surface area contributed by atoms with Gasteiger partial charge in [-0.2, -0.15) is 0 Å². The topological polar surface area (TPSA) is 21.3 Å². The molecule has 0 heterocycles. The lowest BCUT2D eigenvalue weighted by Crippen LogP contribution is -2.23. The lowest BCUT2D eigenvalue weighted by molar-refractivity contribution is 0.304. The standard InChI is InChI=1S/C19H33NO/c1-14(2)10-11-20-12-13-21-19-17(15(3)4)8-7-9-18(19)16(5)6/h7-9,14-16,20H,10-13H2,1-6H3. The van der Waals surface area contributed by atoms with Crippen LogP contribution in [0.5, 0.6) is 5.75 Å². The molecule has 0 radical (unpaired) electrons. The van der Waals surface area contributed by atoms with Gasteiger partial charge >= 0.3 is 0 Å². The van der Waals surface area contributed by atoms with Crippen LogP contribution in [0.1, 0.15) is 70.9 Å². The zero-order valence-electron chi connectivity index (χ0n) is 14.7. The predicted octanol–water partition coefficient (Wildman–Crippen LogP) is 4.95. The van der Waals surface area contributed by atoms with Crippen molar-refractivity contribution < 1.29 is 4.74 Å². The average molecular weight is 291 g/mol. The molecule has 21 heavy (non-hydrogen) atoms. The third kappa shape index (κ3) is 6.09. The Morgan fingerprint density at radius 1 is 0.905 bits per heavy atom. The van der Waals surface area contributed by atoms with Crippen molar-refractivity contribution in [3.63, 3.8) is 0 Å². The van der Waals surface area contributed by atoms with Crippen LogP contribution in [0.15, 0.2) is 18.2 Å². The van der Waals surface area contributed by atoms with E-state index in [9.17, 15) is 0 Å². The fraction of sp³-hybridized carbons (Fsp3) is 0.684. The number of para-hydroxylation sites is 1. The van der Waals surface area contributed by atoms with E-state index < -0.39 is 0 Å². The summed E-state index contributed by atoms with van der Waals surface area (Å²) in [6, 6.07) is 6.54. The Morgan fingerprint density at radius 2 is 1.48 bits per heavy atom. The highest BCUT2D eigenvalue weighted by Gasteiger charge is 2.14. The van der Waals surface area contributed by atoms with Gasteiger partial charge in [0.05, 0.1) is 0 Å². The van der Waals surface area contributed by atoms with E-state index in [1.807, 2.05) is 0 Å². The van der Waals surface area contributed by atoms with Crippen LogP contribution >= 0.6 is 0 Å². The van der Waals surface area contributed by atoms with Crippen molar-refractivity contribution in [1.82, 2.24) is 5.32 Å². The molecule has 0 fully saturated rings. The van der Waals surface area contributed by atoms with Gasteiger partial charge in [-0.05, 0) is 41.8 Å². The summed E-state index contributed by atoms with van der Waals surface area (Å²) in [6.07, 6.45) is 1.22. The number of hydrogen-bond donors (Lipinski definition) is 1. The van der Waals surface area contributed by atoms with Crippen molar-refractivity contribution in [2.75, 3.05) is 19.7 Å². The first-order valence-corrected chi connectivity index (χ1v) is 8.39. The van der Waals surface area contributed by atoms with Crippen molar-refractivity contribution in [3.8, 4) is 5.75 Å². The van der Waals surface area contributed by atoms with Crippen LogP contribution in [0.2, 0.25) is 0 Å². The van der Waals surface area contributed by atoms with Crippen LogP contribution in [0.4, 0.5) is 0 Å². The maximum absolute atomic E-state index is 6.14. The Kier molecular flexibility index (Phi) is 7.81. The molecule has 1 N–H and O–H groups in total. The summed E-state index contributed by atoms with van der Waals surface area (Å²) in [5, 5.41) is 3.46. The minimum absolute atomic E-state index is 0.493. The molecule has 0 amide bonds. The third-order valence-electron chi connectivity index (χ3n) is 3.74. The summed E-state index contributed by atoms with van der Waals surface area (Å²) >= 11 is 0. The molecule has 2 heteroatoms. The summed E-state index contributed by atoms with van der Waals surface area (Å²) in [5.41, 5.74) is 2.65. The van der Waals surface area contributed by atoms with Crippen molar-refractivity contribution in [2.45, 2.75) is 59.8 Å². The molecule has 1 aromatic carbocycles. The summed E-state index contributed by atoms with van der Waals surface area (Å²) in [4.78, 5) is 0. The summed E-state index contributed by atoms with van der Waals surface area (Å²) < 4.78 is 6.14. The van der Waals surface area contributed by atoms with Gasteiger partial charge in [-0.1, -0.05) is 59.7 Å². The van der Waals surface area contributed by atoms with Crippen molar-refractivity contribution in [1.29, 1.82) is 0 Å². The van der Waals surface area contributed by atoms with Crippen LogP contribution in [-0.4, -0.2) is 19.7 Å². The first-order chi connectivity index (χ1) is 9.93. The van der Waals surface area contributed by atoms with E-state index in [1.165, 1.54) is 17.5 Å². The van der Waals surface area contributed by atoms with Crippen LogP contribution in [0, 0.1) is 5.92 Å². The van der Waals surface area contributed by atoms with Crippen LogP contribution < -0.4 is 10.1 Å². The molecule has 0 aliphatic rings. The molecule has 120 valence electrons. The van der Waals surface area contributed by atoms with E-state index in [0.717, 1.165) is 31.4 Å². The highest BCUT2D eigenvalue weighted by molar-refractivity contribution is 5.44. The Balaban J connectivity index is 2.60. The van der Waals surface area contributed by atoms with Crippen molar-refractivity contribution in [2.24, 2.45) is 5.92 Å². The fourth-order valence-corrected chi connectivity index (χ4v) is 2.39. The van der Waals surface area contributed by atoms with Gasteiger partial charge in [0.15, 0.2) is 0 Å². The number of benzene rings is 1. The van der Waals surface area contributed by atoms with Gasteiger partial charge < -0.3 is 10.1 Å². The summed E-state index contributed by atoms with van der Waals surface area (Å²) in [7, 11) is 0. The maximum Gasteiger partial charge on any atom is 0.126 e. The molecule has 2 nitrogen and oxygen atoms in total. The van der Waals surface area contributed by atoms with Gasteiger partial charge in [-0.3, -0.25) is 0 Å². The van der Waals surface area contributed by atoms with Crippen LogP contribution in [0.3, 0.4) is 0 Å². The molecule has 1 rings (SSSR count). The SMILES string of the molecule is CC(C)CCNCCOc1c(C(C)C)cccc1C(C)C. The Hall–Kier alpha value is -1.02. The van der Waals surface area contributed by atoms with E-state index >= 15 is 0 Å². The van der Waals surface area contributed by atoms with Crippen LogP contribution in [0.25, 0.3) is 0 Å². The quantitative estimate of drug-likeness (QED) is 0.650. The first kappa shape index (κ1) is 18.0. The van der Waals surface area contributed by atoms with E-state index in [0.29, 0.717) is 11.8 Å². The monoisotopic (exact) mass is 291 g/mol. The molecule has 0 spiro atoms. The average Bonchev–Trinajstić information content (AvgIpc) is 2.41. The van der Waals surface area contributed by atoms with Gasteiger partial charge in [0.25, 0.3) is 0 Å². The molecule has 0 bridgehead atoms. The normalized spacial score (nSPS) is 11.7.